The Bertz CT molecular complexity index is 380. The van der Waals surface area contributed by atoms with Crippen molar-refractivity contribution in [1.29, 1.82) is 0 Å². The van der Waals surface area contributed by atoms with Gasteiger partial charge < -0.3 is 5.32 Å². The molecule has 2 saturated carbocycles. The zero-order valence-corrected chi connectivity index (χ0v) is 13.1. The van der Waals surface area contributed by atoms with Crippen LogP contribution < -0.4 is 5.32 Å². The average molecular weight is 277 g/mol. The molecule has 0 bridgehead atoms. The van der Waals surface area contributed by atoms with Gasteiger partial charge in [0.25, 0.3) is 0 Å². The smallest absolute Gasteiger partial charge is 0.00795 e. The van der Waals surface area contributed by atoms with E-state index in [1.165, 1.54) is 38.6 Å². The molecule has 2 heteroatoms. The summed E-state index contributed by atoms with van der Waals surface area (Å²) in [6.07, 6.45) is 7.09. The van der Waals surface area contributed by atoms with Crippen molar-refractivity contribution >= 4 is 11.3 Å². The summed E-state index contributed by atoms with van der Waals surface area (Å²) in [6, 6.07) is 5.44. The van der Waals surface area contributed by atoms with Crippen molar-refractivity contribution in [3.05, 3.63) is 22.4 Å². The lowest BCUT2D eigenvalue weighted by Crippen LogP contribution is -2.33. The van der Waals surface area contributed by atoms with Crippen molar-refractivity contribution < 1.29 is 0 Å². The number of hydrogen-bond donors (Lipinski definition) is 1. The van der Waals surface area contributed by atoms with Crippen LogP contribution in [-0.2, 0) is 0 Å². The topological polar surface area (TPSA) is 12.0 Å². The second-order valence-electron chi connectivity index (χ2n) is 6.88. The molecule has 1 N–H and O–H groups in total. The molecule has 1 nitrogen and oxygen atoms in total. The molecule has 0 aromatic carbocycles. The molecule has 0 spiro atoms. The number of nitrogens with one attached hydrogen (secondary N) is 1. The van der Waals surface area contributed by atoms with Gasteiger partial charge in [-0.15, -0.1) is 11.3 Å². The molecule has 3 atom stereocenters. The molecule has 0 aliphatic heterocycles. The summed E-state index contributed by atoms with van der Waals surface area (Å²) in [4.78, 5) is 1.63. The van der Waals surface area contributed by atoms with Crippen LogP contribution >= 0.6 is 11.3 Å². The minimum atomic E-state index is 0.812. The Morgan fingerprint density at radius 1 is 1.26 bits per heavy atom. The monoisotopic (exact) mass is 277 g/mol. The lowest BCUT2D eigenvalue weighted by Gasteiger charge is -2.37. The first-order valence-corrected chi connectivity index (χ1v) is 8.88. The van der Waals surface area contributed by atoms with Crippen LogP contribution in [0.3, 0.4) is 0 Å². The first-order chi connectivity index (χ1) is 9.24. The minimum absolute atomic E-state index is 0.812. The van der Waals surface area contributed by atoms with E-state index in [1.807, 2.05) is 11.3 Å². The van der Waals surface area contributed by atoms with Crippen molar-refractivity contribution in [3.63, 3.8) is 0 Å². The van der Waals surface area contributed by atoms with E-state index in [2.05, 4.69) is 36.7 Å². The second-order valence-corrected chi connectivity index (χ2v) is 7.86. The summed E-state index contributed by atoms with van der Waals surface area (Å²) in [5.74, 6) is 3.46. The van der Waals surface area contributed by atoms with E-state index in [0.717, 1.165) is 29.7 Å². The highest BCUT2D eigenvalue weighted by molar-refractivity contribution is 7.10. The van der Waals surface area contributed by atoms with Gasteiger partial charge in [-0.05, 0) is 73.8 Å². The molecule has 1 aromatic heterocycles. The first kappa shape index (κ1) is 13.6. The van der Waals surface area contributed by atoms with Gasteiger partial charge in [0.05, 0.1) is 0 Å². The van der Waals surface area contributed by atoms with E-state index in [0.29, 0.717) is 0 Å². The molecular formula is C17H27NS. The fraction of sp³-hybridized carbons (Fsp3) is 0.765. The molecule has 106 valence electrons. The van der Waals surface area contributed by atoms with Gasteiger partial charge in [0.1, 0.15) is 0 Å². The van der Waals surface area contributed by atoms with E-state index in [-0.39, 0.29) is 0 Å². The van der Waals surface area contributed by atoms with Gasteiger partial charge in [0, 0.05) is 10.9 Å². The van der Waals surface area contributed by atoms with E-state index < -0.39 is 0 Å². The van der Waals surface area contributed by atoms with Crippen molar-refractivity contribution in [2.45, 2.75) is 57.9 Å². The van der Waals surface area contributed by atoms with Gasteiger partial charge in [-0.25, -0.2) is 0 Å². The molecule has 0 amide bonds. The molecule has 1 heterocycles. The van der Waals surface area contributed by atoms with Crippen LogP contribution in [0.25, 0.3) is 0 Å². The minimum Gasteiger partial charge on any atom is -0.314 e. The van der Waals surface area contributed by atoms with Gasteiger partial charge in [-0.2, -0.15) is 0 Å². The molecule has 3 unspecified atom stereocenters. The van der Waals surface area contributed by atoms with E-state index in [1.54, 1.807) is 4.88 Å². The van der Waals surface area contributed by atoms with Crippen molar-refractivity contribution in [2.24, 2.45) is 17.8 Å². The molecule has 2 aliphatic carbocycles. The zero-order chi connectivity index (χ0) is 13.2. The quantitative estimate of drug-likeness (QED) is 0.825. The summed E-state index contributed by atoms with van der Waals surface area (Å²) >= 11 is 1.97. The molecule has 19 heavy (non-hydrogen) atoms. The third-order valence-corrected chi connectivity index (χ3v) is 6.14. The lowest BCUT2D eigenvalue weighted by atomic mass is 9.70. The summed E-state index contributed by atoms with van der Waals surface area (Å²) in [5.41, 5.74) is 0. The van der Waals surface area contributed by atoms with Crippen LogP contribution in [0.2, 0.25) is 0 Å². The molecular weight excluding hydrogens is 250 g/mol. The normalized spacial score (nSPS) is 31.8. The maximum Gasteiger partial charge on any atom is 0.00795 e. The van der Waals surface area contributed by atoms with Crippen LogP contribution in [0.15, 0.2) is 17.5 Å². The third kappa shape index (κ3) is 3.41. The van der Waals surface area contributed by atoms with Crippen LogP contribution in [0, 0.1) is 17.8 Å². The highest BCUT2D eigenvalue weighted by atomic mass is 32.1. The van der Waals surface area contributed by atoms with Gasteiger partial charge in [-0.3, -0.25) is 0 Å². The SMILES string of the molecule is CC(C)C1CCC(CNC2CC2)C(c2cccs2)C1. The van der Waals surface area contributed by atoms with Gasteiger partial charge in [0.15, 0.2) is 0 Å². The lowest BCUT2D eigenvalue weighted by molar-refractivity contribution is 0.192. The summed E-state index contributed by atoms with van der Waals surface area (Å²) in [7, 11) is 0. The standard InChI is InChI=1S/C17H27NS/c1-12(2)13-5-6-14(11-18-15-7-8-15)16(10-13)17-4-3-9-19-17/h3-4,9,12-16,18H,5-8,10-11H2,1-2H3. The van der Waals surface area contributed by atoms with Gasteiger partial charge in [0.2, 0.25) is 0 Å². The zero-order valence-electron chi connectivity index (χ0n) is 12.3. The molecule has 2 aliphatic rings. The second kappa shape index (κ2) is 5.97. The third-order valence-electron chi connectivity index (χ3n) is 5.13. The Labute approximate surface area is 121 Å². The maximum absolute atomic E-state index is 3.77. The fourth-order valence-electron chi connectivity index (χ4n) is 3.57. The largest absolute Gasteiger partial charge is 0.314 e. The number of rotatable bonds is 5. The Morgan fingerprint density at radius 2 is 2.11 bits per heavy atom. The van der Waals surface area contributed by atoms with E-state index in [4.69, 9.17) is 0 Å². The van der Waals surface area contributed by atoms with Gasteiger partial charge in [-0.1, -0.05) is 19.9 Å². The molecule has 2 fully saturated rings. The predicted molar refractivity (Wildman–Crippen MR) is 83.8 cm³/mol. The van der Waals surface area contributed by atoms with Crippen molar-refractivity contribution in [2.75, 3.05) is 6.54 Å². The highest BCUT2D eigenvalue weighted by Gasteiger charge is 2.34. The van der Waals surface area contributed by atoms with Crippen molar-refractivity contribution in [3.8, 4) is 0 Å². The Hall–Kier alpha value is -0.340. The highest BCUT2D eigenvalue weighted by Crippen LogP contribution is 2.44. The van der Waals surface area contributed by atoms with Crippen molar-refractivity contribution in [1.82, 2.24) is 5.32 Å². The van der Waals surface area contributed by atoms with Crippen LogP contribution in [0.4, 0.5) is 0 Å². The summed E-state index contributed by atoms with van der Waals surface area (Å²) in [6.45, 7) is 6.05. The molecule has 3 rings (SSSR count). The molecule has 0 radical (unpaired) electrons. The fourth-order valence-corrected chi connectivity index (χ4v) is 4.51. The Balaban J connectivity index is 1.67. The van der Waals surface area contributed by atoms with Gasteiger partial charge >= 0.3 is 0 Å². The average Bonchev–Trinajstić information content (AvgIpc) is 3.08. The maximum atomic E-state index is 3.77. The summed E-state index contributed by atoms with van der Waals surface area (Å²) in [5, 5.41) is 6.02. The number of thiophene rings is 1. The summed E-state index contributed by atoms with van der Waals surface area (Å²) < 4.78 is 0. The van der Waals surface area contributed by atoms with E-state index in [9.17, 15) is 0 Å². The Kier molecular flexibility index (Phi) is 4.28. The Morgan fingerprint density at radius 3 is 2.74 bits per heavy atom. The van der Waals surface area contributed by atoms with Crippen LogP contribution in [-0.4, -0.2) is 12.6 Å². The number of hydrogen-bond acceptors (Lipinski definition) is 2. The van der Waals surface area contributed by atoms with Crippen LogP contribution in [0.1, 0.15) is 56.7 Å². The molecule has 1 aromatic rings. The molecule has 0 saturated heterocycles. The van der Waals surface area contributed by atoms with Crippen LogP contribution in [0.5, 0.6) is 0 Å². The van der Waals surface area contributed by atoms with E-state index >= 15 is 0 Å². The predicted octanol–water partition coefficient (Wildman–Crippen LogP) is 4.66. The first-order valence-electron chi connectivity index (χ1n) is 8.01.